The number of aliphatic hydroxyl groups is 1. The van der Waals surface area contributed by atoms with Crippen molar-refractivity contribution in [2.45, 2.75) is 93.3 Å². The topological polar surface area (TPSA) is 125 Å². The van der Waals surface area contributed by atoms with E-state index < -0.39 is 51.8 Å². The first-order chi connectivity index (χ1) is 16.3. The number of thioether (sulfide) groups is 1. The van der Waals surface area contributed by atoms with Crippen LogP contribution in [-0.4, -0.2) is 72.5 Å². The molecule has 0 spiro atoms. The number of carbonyl (C=O) groups is 4. The van der Waals surface area contributed by atoms with Crippen molar-refractivity contribution >= 4 is 35.6 Å². The number of methoxy groups -OCH3 is 1. The molecule has 0 aliphatic carbocycles. The van der Waals surface area contributed by atoms with E-state index in [-0.39, 0.29) is 26.1 Å². The summed E-state index contributed by atoms with van der Waals surface area (Å²) in [5, 5.41) is 9.94. The second-order valence-electron chi connectivity index (χ2n) is 11.6. The Kier molecular flexibility index (Phi) is 13.5. The van der Waals surface area contributed by atoms with Crippen molar-refractivity contribution in [2.24, 2.45) is 16.2 Å². The normalized spacial score (nSPS) is 14.9. The Labute approximate surface area is 220 Å². The van der Waals surface area contributed by atoms with Gasteiger partial charge in [0.25, 0.3) is 0 Å². The molecular formula is C26H46O9S. The fraction of sp³-hybridized carbons (Fsp3) is 0.846. The van der Waals surface area contributed by atoms with Crippen LogP contribution >= 0.6 is 11.8 Å². The van der Waals surface area contributed by atoms with Crippen LogP contribution in [0.3, 0.4) is 0 Å². The van der Waals surface area contributed by atoms with E-state index in [1.54, 1.807) is 55.4 Å². The zero-order valence-corrected chi connectivity index (χ0v) is 24.5. The maximum Gasteiger partial charge on any atom is 0.313 e. The monoisotopic (exact) mass is 534 g/mol. The molecule has 1 N–H and O–H groups in total. The van der Waals surface area contributed by atoms with Gasteiger partial charge in [0.15, 0.2) is 0 Å². The zero-order valence-electron chi connectivity index (χ0n) is 23.6. The molecule has 0 aromatic rings. The first-order valence-corrected chi connectivity index (χ1v) is 13.4. The summed E-state index contributed by atoms with van der Waals surface area (Å²) in [6, 6.07) is 0. The minimum Gasteiger partial charge on any atom is -0.469 e. The molecule has 2 atom stereocenters. The summed E-state index contributed by atoms with van der Waals surface area (Å²) >= 11 is 1.37. The summed E-state index contributed by atoms with van der Waals surface area (Å²) < 4.78 is 20.7. The van der Waals surface area contributed by atoms with E-state index in [4.69, 9.17) is 18.9 Å². The molecule has 0 heterocycles. The van der Waals surface area contributed by atoms with Crippen molar-refractivity contribution in [1.82, 2.24) is 0 Å². The third-order valence-corrected chi connectivity index (χ3v) is 6.95. The van der Waals surface area contributed by atoms with Gasteiger partial charge in [0, 0.05) is 11.5 Å². The van der Waals surface area contributed by atoms with Crippen LogP contribution in [0.25, 0.3) is 0 Å². The molecule has 9 nitrogen and oxygen atoms in total. The highest BCUT2D eigenvalue weighted by Gasteiger charge is 2.44. The van der Waals surface area contributed by atoms with E-state index in [0.29, 0.717) is 17.9 Å². The Morgan fingerprint density at radius 1 is 0.833 bits per heavy atom. The van der Waals surface area contributed by atoms with E-state index >= 15 is 0 Å². The van der Waals surface area contributed by atoms with Gasteiger partial charge in [-0.2, -0.15) is 11.8 Å². The molecule has 0 aliphatic rings. The first kappa shape index (κ1) is 34.2. The summed E-state index contributed by atoms with van der Waals surface area (Å²) in [5.74, 6) is -1.10. The van der Waals surface area contributed by atoms with Crippen molar-refractivity contribution in [3.05, 3.63) is 0 Å². The van der Waals surface area contributed by atoms with Crippen molar-refractivity contribution in [2.75, 3.05) is 31.8 Å². The van der Waals surface area contributed by atoms with Gasteiger partial charge in [0.1, 0.15) is 24.9 Å². The Balaban J connectivity index is 4.79. The van der Waals surface area contributed by atoms with Crippen LogP contribution in [0.4, 0.5) is 0 Å². The molecule has 0 amide bonds. The summed E-state index contributed by atoms with van der Waals surface area (Å²) in [5.41, 5.74) is -3.24. The molecule has 0 saturated carbocycles. The minimum atomic E-state index is -1.12. The minimum absolute atomic E-state index is 0.0604. The van der Waals surface area contributed by atoms with Gasteiger partial charge in [-0.25, -0.2) is 0 Å². The van der Waals surface area contributed by atoms with Crippen LogP contribution < -0.4 is 0 Å². The van der Waals surface area contributed by atoms with Gasteiger partial charge in [-0.15, -0.1) is 0 Å². The van der Waals surface area contributed by atoms with Crippen molar-refractivity contribution in [3.8, 4) is 0 Å². The fourth-order valence-corrected chi connectivity index (χ4v) is 4.31. The predicted octanol–water partition coefficient (Wildman–Crippen LogP) is 3.93. The smallest absolute Gasteiger partial charge is 0.313 e. The van der Waals surface area contributed by atoms with Crippen LogP contribution in [0.5, 0.6) is 0 Å². The quantitative estimate of drug-likeness (QED) is 0.188. The molecule has 36 heavy (non-hydrogen) atoms. The third-order valence-electron chi connectivity index (χ3n) is 5.61. The van der Waals surface area contributed by atoms with Crippen LogP contribution in [0, 0.1) is 16.2 Å². The lowest BCUT2D eigenvalue weighted by molar-refractivity contribution is -0.169. The number of carbonyl (C=O) groups excluding carboxylic acids is 4. The number of aliphatic hydroxyl groups excluding tert-OH is 1. The molecule has 0 bridgehead atoms. The Morgan fingerprint density at radius 3 is 1.89 bits per heavy atom. The van der Waals surface area contributed by atoms with E-state index in [9.17, 15) is 24.3 Å². The molecule has 0 aromatic carbocycles. The van der Waals surface area contributed by atoms with Crippen molar-refractivity contribution in [1.29, 1.82) is 0 Å². The van der Waals surface area contributed by atoms with E-state index in [0.717, 1.165) is 0 Å². The Morgan fingerprint density at radius 2 is 1.39 bits per heavy atom. The lowest BCUT2D eigenvalue weighted by Gasteiger charge is -2.36. The summed E-state index contributed by atoms with van der Waals surface area (Å²) in [6.07, 6.45) is -0.250. The summed E-state index contributed by atoms with van der Waals surface area (Å²) in [6.45, 7) is 15.3. The van der Waals surface area contributed by atoms with Gasteiger partial charge in [-0.05, 0) is 68.2 Å². The highest BCUT2D eigenvalue weighted by Crippen LogP contribution is 2.39. The third kappa shape index (κ3) is 12.4. The second-order valence-corrected chi connectivity index (χ2v) is 12.7. The predicted molar refractivity (Wildman–Crippen MR) is 138 cm³/mol. The van der Waals surface area contributed by atoms with Crippen molar-refractivity contribution in [3.63, 3.8) is 0 Å². The van der Waals surface area contributed by atoms with Gasteiger partial charge in [-0.3, -0.25) is 19.2 Å². The number of esters is 4. The summed E-state index contributed by atoms with van der Waals surface area (Å²) in [7, 11) is 1.31. The lowest BCUT2D eigenvalue weighted by atomic mass is 9.75. The number of hydrogen-bond acceptors (Lipinski definition) is 10. The van der Waals surface area contributed by atoms with Gasteiger partial charge in [0.05, 0.1) is 29.8 Å². The molecule has 0 aromatic heterocycles. The number of ether oxygens (including phenoxy) is 4. The molecule has 2 unspecified atom stereocenters. The number of rotatable bonds is 15. The molecular weight excluding hydrogens is 488 g/mol. The molecule has 0 radical (unpaired) electrons. The van der Waals surface area contributed by atoms with Gasteiger partial charge >= 0.3 is 23.9 Å². The maximum absolute atomic E-state index is 13.0. The Hall–Kier alpha value is -1.81. The molecule has 0 rings (SSSR count). The largest absolute Gasteiger partial charge is 0.469 e. The highest BCUT2D eigenvalue weighted by molar-refractivity contribution is 7.99. The Bertz CT molecular complexity index is 755. The van der Waals surface area contributed by atoms with Crippen LogP contribution in [-0.2, 0) is 38.1 Å². The lowest BCUT2D eigenvalue weighted by Crippen LogP contribution is -2.42. The highest BCUT2D eigenvalue weighted by atomic mass is 32.2. The molecule has 0 fully saturated rings. The molecule has 10 heteroatoms. The molecule has 210 valence electrons. The van der Waals surface area contributed by atoms with E-state index in [1.165, 1.54) is 18.9 Å². The standard InChI is InChI=1S/C26H46O9S/c1-11-24(5,6)21(30)34-15-18(27)14-33-19(28)12-13-36-17-26(9,22(31)35-23(2,3)4)16-25(7,8)20(29)32-10/h18,27H,11-17H2,1-10H3. The fourth-order valence-electron chi connectivity index (χ4n) is 3.18. The summed E-state index contributed by atoms with van der Waals surface area (Å²) in [4.78, 5) is 49.3. The second kappa shape index (κ2) is 14.2. The van der Waals surface area contributed by atoms with E-state index in [1.807, 2.05) is 6.92 Å². The molecule has 0 saturated heterocycles. The van der Waals surface area contributed by atoms with Gasteiger partial charge < -0.3 is 24.1 Å². The number of hydrogen-bond donors (Lipinski definition) is 1. The average molecular weight is 535 g/mol. The molecule has 0 aliphatic heterocycles. The SMILES string of the molecule is CCC(C)(C)C(=O)OCC(O)COC(=O)CCSCC(C)(CC(C)(C)C(=O)OC)C(=O)OC(C)(C)C. The van der Waals surface area contributed by atoms with Crippen LogP contribution in [0.1, 0.15) is 81.6 Å². The average Bonchev–Trinajstić information content (AvgIpc) is 2.76. The van der Waals surface area contributed by atoms with Crippen molar-refractivity contribution < 1.29 is 43.2 Å². The zero-order chi connectivity index (χ0) is 28.4. The first-order valence-electron chi connectivity index (χ1n) is 12.2. The van der Waals surface area contributed by atoms with Crippen LogP contribution in [0.15, 0.2) is 0 Å². The maximum atomic E-state index is 13.0. The van der Waals surface area contributed by atoms with Gasteiger partial charge in [0.2, 0.25) is 0 Å². The van der Waals surface area contributed by atoms with E-state index in [2.05, 4.69) is 0 Å². The van der Waals surface area contributed by atoms with Crippen LogP contribution in [0.2, 0.25) is 0 Å². The van der Waals surface area contributed by atoms with Gasteiger partial charge in [-0.1, -0.05) is 6.92 Å².